The lowest BCUT2D eigenvalue weighted by Gasteiger charge is -2.22. The lowest BCUT2D eigenvalue weighted by atomic mass is 10.1. The van der Waals surface area contributed by atoms with Crippen molar-refractivity contribution in [1.82, 2.24) is 0 Å². The van der Waals surface area contributed by atoms with E-state index in [-0.39, 0.29) is 6.10 Å². The Labute approximate surface area is 120 Å². The fourth-order valence-electron chi connectivity index (χ4n) is 2.26. The fraction of sp³-hybridized carbons (Fsp3) is 0.562. The SMILES string of the molecule is C/C(CCc1ccc(OCC2CCCCO2)cc1)=N\O. The summed E-state index contributed by atoms with van der Waals surface area (Å²) < 4.78 is 11.4. The van der Waals surface area contributed by atoms with Gasteiger partial charge in [0.05, 0.1) is 11.8 Å². The lowest BCUT2D eigenvalue weighted by Crippen LogP contribution is -2.25. The van der Waals surface area contributed by atoms with Crippen LogP contribution >= 0.6 is 0 Å². The zero-order valence-electron chi connectivity index (χ0n) is 12.0. The van der Waals surface area contributed by atoms with Gasteiger partial charge in [-0.3, -0.25) is 0 Å². The molecule has 1 aromatic carbocycles. The van der Waals surface area contributed by atoms with Gasteiger partial charge in [-0.25, -0.2) is 0 Å². The number of benzene rings is 1. The van der Waals surface area contributed by atoms with Gasteiger partial charge in [-0.05, 0) is 56.7 Å². The average Bonchev–Trinajstić information content (AvgIpc) is 2.52. The number of oxime groups is 1. The van der Waals surface area contributed by atoms with E-state index in [1.807, 2.05) is 19.1 Å². The van der Waals surface area contributed by atoms with E-state index in [1.165, 1.54) is 18.4 Å². The molecule has 1 heterocycles. The normalized spacial score (nSPS) is 19.9. The van der Waals surface area contributed by atoms with E-state index in [0.29, 0.717) is 6.61 Å². The smallest absolute Gasteiger partial charge is 0.119 e. The molecular weight excluding hydrogens is 254 g/mol. The van der Waals surface area contributed by atoms with Crippen molar-refractivity contribution in [2.45, 2.75) is 45.1 Å². The van der Waals surface area contributed by atoms with Crippen LogP contribution in [0.1, 0.15) is 38.2 Å². The Morgan fingerprint density at radius 1 is 1.35 bits per heavy atom. The Morgan fingerprint density at radius 3 is 2.80 bits per heavy atom. The van der Waals surface area contributed by atoms with Crippen molar-refractivity contribution in [2.24, 2.45) is 5.16 Å². The van der Waals surface area contributed by atoms with E-state index >= 15 is 0 Å². The number of hydrogen-bond acceptors (Lipinski definition) is 4. The second kappa shape index (κ2) is 7.90. The van der Waals surface area contributed by atoms with Crippen molar-refractivity contribution < 1.29 is 14.7 Å². The van der Waals surface area contributed by atoms with E-state index in [2.05, 4.69) is 17.3 Å². The van der Waals surface area contributed by atoms with Crippen LogP contribution in [0.4, 0.5) is 0 Å². The number of nitrogens with zero attached hydrogens (tertiary/aromatic N) is 1. The van der Waals surface area contributed by atoms with Crippen LogP contribution in [0.3, 0.4) is 0 Å². The van der Waals surface area contributed by atoms with Gasteiger partial charge < -0.3 is 14.7 Å². The summed E-state index contributed by atoms with van der Waals surface area (Å²) in [6, 6.07) is 8.09. The summed E-state index contributed by atoms with van der Waals surface area (Å²) in [5.41, 5.74) is 1.97. The maximum Gasteiger partial charge on any atom is 0.119 e. The molecule has 1 saturated heterocycles. The summed E-state index contributed by atoms with van der Waals surface area (Å²) in [6.07, 6.45) is 5.39. The second-order valence-electron chi connectivity index (χ2n) is 5.28. The first kappa shape index (κ1) is 14.9. The predicted octanol–water partition coefficient (Wildman–Crippen LogP) is 3.42. The Bertz CT molecular complexity index is 422. The molecule has 2 rings (SSSR count). The molecule has 1 unspecified atom stereocenters. The zero-order valence-corrected chi connectivity index (χ0v) is 12.0. The quantitative estimate of drug-likeness (QED) is 0.492. The maximum absolute atomic E-state index is 8.61. The van der Waals surface area contributed by atoms with Gasteiger partial charge in [-0.1, -0.05) is 17.3 Å². The zero-order chi connectivity index (χ0) is 14.2. The molecule has 1 fully saturated rings. The first-order valence-corrected chi connectivity index (χ1v) is 7.29. The van der Waals surface area contributed by atoms with Gasteiger partial charge in [-0.15, -0.1) is 0 Å². The minimum absolute atomic E-state index is 0.242. The van der Waals surface area contributed by atoms with Crippen molar-refractivity contribution in [3.05, 3.63) is 29.8 Å². The van der Waals surface area contributed by atoms with Gasteiger partial charge in [-0.2, -0.15) is 0 Å². The van der Waals surface area contributed by atoms with E-state index in [4.69, 9.17) is 14.7 Å². The number of aryl methyl sites for hydroxylation is 1. The van der Waals surface area contributed by atoms with Gasteiger partial charge in [0.1, 0.15) is 12.4 Å². The Hall–Kier alpha value is -1.55. The molecule has 1 atom stereocenters. The van der Waals surface area contributed by atoms with Crippen molar-refractivity contribution in [2.75, 3.05) is 13.2 Å². The molecule has 110 valence electrons. The third kappa shape index (κ3) is 4.85. The van der Waals surface area contributed by atoms with Crippen molar-refractivity contribution in [3.8, 4) is 5.75 Å². The molecule has 0 aromatic heterocycles. The summed E-state index contributed by atoms with van der Waals surface area (Å²) in [6.45, 7) is 3.32. The van der Waals surface area contributed by atoms with Crippen LogP contribution in [-0.4, -0.2) is 30.2 Å². The molecule has 1 aliphatic heterocycles. The highest BCUT2D eigenvalue weighted by Crippen LogP contribution is 2.17. The Kier molecular flexibility index (Phi) is 5.87. The first-order valence-electron chi connectivity index (χ1n) is 7.29. The van der Waals surface area contributed by atoms with Crippen LogP contribution in [0.5, 0.6) is 5.75 Å². The average molecular weight is 277 g/mol. The first-order chi connectivity index (χ1) is 9.78. The summed E-state index contributed by atoms with van der Waals surface area (Å²) in [5.74, 6) is 0.885. The van der Waals surface area contributed by atoms with Crippen molar-refractivity contribution in [1.29, 1.82) is 0 Å². The Morgan fingerprint density at radius 2 is 2.15 bits per heavy atom. The number of rotatable bonds is 6. The van der Waals surface area contributed by atoms with Gasteiger partial charge in [0.25, 0.3) is 0 Å². The molecule has 0 saturated carbocycles. The molecule has 1 N–H and O–H groups in total. The molecule has 4 nitrogen and oxygen atoms in total. The van der Waals surface area contributed by atoms with Crippen LogP contribution in [0, 0.1) is 0 Å². The minimum atomic E-state index is 0.242. The molecule has 20 heavy (non-hydrogen) atoms. The third-order valence-corrected chi connectivity index (χ3v) is 3.58. The van der Waals surface area contributed by atoms with Gasteiger partial charge >= 0.3 is 0 Å². The van der Waals surface area contributed by atoms with Crippen molar-refractivity contribution >= 4 is 5.71 Å². The standard InChI is InChI=1S/C16H23NO3/c1-13(17-18)5-6-14-7-9-15(10-8-14)20-12-16-4-2-3-11-19-16/h7-10,16,18H,2-6,11-12H2,1H3/b17-13+. The van der Waals surface area contributed by atoms with Crippen LogP contribution in [0.2, 0.25) is 0 Å². The summed E-state index contributed by atoms with van der Waals surface area (Å²) in [5, 5.41) is 11.8. The topological polar surface area (TPSA) is 51.0 Å². The lowest BCUT2D eigenvalue weighted by molar-refractivity contribution is -0.0110. The fourth-order valence-corrected chi connectivity index (χ4v) is 2.26. The molecule has 0 aliphatic carbocycles. The largest absolute Gasteiger partial charge is 0.491 e. The monoisotopic (exact) mass is 277 g/mol. The van der Waals surface area contributed by atoms with Crippen LogP contribution < -0.4 is 4.74 Å². The highest BCUT2D eigenvalue weighted by molar-refractivity contribution is 5.81. The van der Waals surface area contributed by atoms with Crippen LogP contribution in [-0.2, 0) is 11.2 Å². The maximum atomic E-state index is 8.61. The van der Waals surface area contributed by atoms with Crippen LogP contribution in [0.25, 0.3) is 0 Å². The number of ether oxygens (including phenoxy) is 2. The predicted molar refractivity (Wildman–Crippen MR) is 78.7 cm³/mol. The summed E-state index contributed by atoms with van der Waals surface area (Å²) >= 11 is 0. The highest BCUT2D eigenvalue weighted by atomic mass is 16.5. The van der Waals surface area contributed by atoms with Crippen molar-refractivity contribution in [3.63, 3.8) is 0 Å². The molecule has 4 heteroatoms. The van der Waals surface area contributed by atoms with E-state index in [0.717, 1.165) is 37.3 Å². The van der Waals surface area contributed by atoms with E-state index in [9.17, 15) is 0 Å². The van der Waals surface area contributed by atoms with Gasteiger partial charge in [0, 0.05) is 6.61 Å². The number of hydrogen-bond donors (Lipinski definition) is 1. The molecule has 0 radical (unpaired) electrons. The van der Waals surface area contributed by atoms with E-state index in [1.54, 1.807) is 0 Å². The molecule has 0 bridgehead atoms. The summed E-state index contributed by atoms with van der Waals surface area (Å²) in [4.78, 5) is 0. The third-order valence-electron chi connectivity index (χ3n) is 3.58. The Balaban J connectivity index is 1.76. The molecule has 1 aromatic rings. The molecule has 0 amide bonds. The van der Waals surface area contributed by atoms with Gasteiger partial charge in [0.15, 0.2) is 0 Å². The van der Waals surface area contributed by atoms with Gasteiger partial charge in [0.2, 0.25) is 0 Å². The molecule has 0 spiro atoms. The highest BCUT2D eigenvalue weighted by Gasteiger charge is 2.14. The summed E-state index contributed by atoms with van der Waals surface area (Å²) in [7, 11) is 0. The van der Waals surface area contributed by atoms with E-state index < -0.39 is 0 Å². The molecular formula is C16H23NO3. The van der Waals surface area contributed by atoms with Crippen LogP contribution in [0.15, 0.2) is 29.4 Å². The molecule has 1 aliphatic rings. The minimum Gasteiger partial charge on any atom is -0.491 e. The second-order valence-corrected chi connectivity index (χ2v) is 5.28.